The normalized spacial score (nSPS) is 9.83. The van der Waals surface area contributed by atoms with Gasteiger partial charge in [-0.25, -0.2) is 0 Å². The summed E-state index contributed by atoms with van der Waals surface area (Å²) in [4.78, 5) is 33.1. The number of carbonyl (C=O) groups is 2. The Balaban J connectivity index is 0.00000300. The van der Waals surface area contributed by atoms with Crippen LogP contribution in [0, 0.1) is 0 Å². The first kappa shape index (κ1) is 21.8. The molecule has 0 bridgehead atoms. The van der Waals surface area contributed by atoms with Gasteiger partial charge in [-0.2, -0.15) is 0 Å². The molecule has 0 spiro atoms. The van der Waals surface area contributed by atoms with Crippen LogP contribution in [0.25, 0.3) is 0 Å². The molecule has 0 aliphatic carbocycles. The molecule has 2 amide bonds. The number of rotatable bonds is 7. The number of carbonyl (C=O) groups excluding carboxylic acids is 2. The van der Waals surface area contributed by atoms with Crippen molar-refractivity contribution in [2.24, 2.45) is 0 Å². The van der Waals surface area contributed by atoms with Crippen molar-refractivity contribution in [2.45, 2.75) is 13.1 Å². The van der Waals surface area contributed by atoms with E-state index < -0.39 is 0 Å². The fraction of sp³-hybridized carbons (Fsp3) is 0.143. The lowest BCUT2D eigenvalue weighted by Crippen LogP contribution is -2.26. The van der Waals surface area contributed by atoms with Crippen molar-refractivity contribution in [3.05, 3.63) is 89.5 Å². The molecule has 0 radical (unpaired) electrons. The van der Waals surface area contributed by atoms with E-state index in [1.165, 1.54) is 13.2 Å². The number of ether oxygens (including phenoxy) is 1. The summed E-state index contributed by atoms with van der Waals surface area (Å²) in [5.74, 6) is -0.220. The van der Waals surface area contributed by atoms with Gasteiger partial charge in [-0.05, 0) is 41.5 Å². The number of aromatic nitrogens is 2. The van der Waals surface area contributed by atoms with Crippen LogP contribution in [0.5, 0.6) is 5.75 Å². The molecule has 150 valence electrons. The molecular formula is C21H21ClN4O3. The highest BCUT2D eigenvalue weighted by Gasteiger charge is 2.16. The van der Waals surface area contributed by atoms with E-state index >= 15 is 0 Å². The third-order valence-electron chi connectivity index (χ3n) is 4.06. The van der Waals surface area contributed by atoms with Crippen molar-refractivity contribution in [1.29, 1.82) is 0 Å². The van der Waals surface area contributed by atoms with Crippen LogP contribution in [-0.2, 0) is 13.1 Å². The van der Waals surface area contributed by atoms with E-state index in [0.717, 1.165) is 11.1 Å². The summed E-state index contributed by atoms with van der Waals surface area (Å²) >= 11 is 0. The highest BCUT2D eigenvalue weighted by molar-refractivity contribution is 6.01. The van der Waals surface area contributed by atoms with Crippen LogP contribution in [0.1, 0.15) is 31.8 Å². The van der Waals surface area contributed by atoms with Gasteiger partial charge in [0, 0.05) is 43.4 Å². The Morgan fingerprint density at radius 3 is 2.00 bits per heavy atom. The lowest BCUT2D eigenvalue weighted by molar-refractivity contribution is 0.0948. The Labute approximate surface area is 174 Å². The first-order chi connectivity index (χ1) is 13.7. The maximum Gasteiger partial charge on any atom is 0.255 e. The summed E-state index contributed by atoms with van der Waals surface area (Å²) in [5.41, 5.74) is 2.43. The average molecular weight is 413 g/mol. The molecule has 0 atom stereocenters. The van der Waals surface area contributed by atoms with Crippen molar-refractivity contribution in [2.75, 3.05) is 7.11 Å². The Hall–Kier alpha value is -3.45. The van der Waals surface area contributed by atoms with Crippen LogP contribution in [0.3, 0.4) is 0 Å². The van der Waals surface area contributed by atoms with Gasteiger partial charge in [-0.3, -0.25) is 19.6 Å². The van der Waals surface area contributed by atoms with E-state index in [-0.39, 0.29) is 24.2 Å². The van der Waals surface area contributed by atoms with Gasteiger partial charge >= 0.3 is 0 Å². The molecule has 3 aromatic rings. The molecule has 29 heavy (non-hydrogen) atoms. The Bertz CT molecular complexity index is 953. The van der Waals surface area contributed by atoms with E-state index in [1.54, 1.807) is 49.1 Å². The van der Waals surface area contributed by atoms with Gasteiger partial charge in [0.2, 0.25) is 0 Å². The second-order valence-electron chi connectivity index (χ2n) is 6.00. The van der Waals surface area contributed by atoms with E-state index in [9.17, 15) is 9.59 Å². The molecule has 0 unspecified atom stereocenters. The number of nitrogens with zero attached hydrogens (tertiary/aromatic N) is 2. The van der Waals surface area contributed by atoms with E-state index in [4.69, 9.17) is 4.74 Å². The number of amides is 2. The lowest BCUT2D eigenvalue weighted by Gasteiger charge is -2.12. The number of hydrogen-bond acceptors (Lipinski definition) is 5. The molecule has 8 heteroatoms. The van der Waals surface area contributed by atoms with Crippen LogP contribution < -0.4 is 15.4 Å². The topological polar surface area (TPSA) is 93.2 Å². The maximum atomic E-state index is 12.6. The van der Waals surface area contributed by atoms with Gasteiger partial charge in [0.15, 0.2) is 0 Å². The molecule has 0 saturated carbocycles. The quantitative estimate of drug-likeness (QED) is 0.622. The molecule has 2 aromatic heterocycles. The summed E-state index contributed by atoms with van der Waals surface area (Å²) in [5, 5.41) is 5.63. The number of halogens is 1. The molecule has 1 aromatic carbocycles. The minimum absolute atomic E-state index is 0. The minimum atomic E-state index is -0.331. The molecule has 2 N–H and O–H groups in total. The van der Waals surface area contributed by atoms with E-state index in [0.29, 0.717) is 30.0 Å². The van der Waals surface area contributed by atoms with E-state index in [2.05, 4.69) is 20.6 Å². The maximum absolute atomic E-state index is 12.6. The van der Waals surface area contributed by atoms with Crippen molar-refractivity contribution in [3.63, 3.8) is 0 Å². The van der Waals surface area contributed by atoms with Gasteiger partial charge in [0.1, 0.15) is 5.75 Å². The van der Waals surface area contributed by atoms with Gasteiger partial charge in [0.25, 0.3) is 11.8 Å². The van der Waals surface area contributed by atoms with Crippen molar-refractivity contribution < 1.29 is 14.3 Å². The zero-order valence-electron chi connectivity index (χ0n) is 15.8. The standard InChI is InChI=1S/C21H20N4O3.ClH/c1-28-19-7-6-17(20(26)24-13-15-4-2-8-22-11-15)10-18(19)21(27)25-14-16-5-3-9-23-12-16;/h2-12H,13-14H2,1H3,(H,24,26)(H,25,27);1H. The molecule has 3 rings (SSSR count). The monoisotopic (exact) mass is 412 g/mol. The first-order valence-electron chi connectivity index (χ1n) is 8.69. The van der Waals surface area contributed by atoms with Crippen molar-refractivity contribution >= 4 is 24.2 Å². The number of nitrogens with one attached hydrogen (secondary N) is 2. The summed E-state index contributed by atoms with van der Waals surface area (Å²) < 4.78 is 5.27. The van der Waals surface area contributed by atoms with Gasteiger partial charge in [-0.1, -0.05) is 12.1 Å². The highest BCUT2D eigenvalue weighted by atomic mass is 35.5. The molecule has 0 saturated heterocycles. The van der Waals surface area contributed by atoms with Gasteiger partial charge in [-0.15, -0.1) is 12.4 Å². The summed E-state index contributed by atoms with van der Waals surface area (Å²) in [6, 6.07) is 12.1. The minimum Gasteiger partial charge on any atom is -0.496 e. The SMILES string of the molecule is COc1ccc(C(=O)NCc2cccnc2)cc1C(=O)NCc1cccnc1.Cl. The van der Waals surface area contributed by atoms with Gasteiger partial charge < -0.3 is 15.4 Å². The molecule has 0 aliphatic heterocycles. The first-order valence-corrected chi connectivity index (χ1v) is 8.69. The fourth-order valence-corrected chi connectivity index (χ4v) is 2.59. The van der Waals surface area contributed by atoms with Crippen LogP contribution in [0.2, 0.25) is 0 Å². The molecule has 0 fully saturated rings. The Kier molecular flexibility index (Phi) is 8.12. The largest absolute Gasteiger partial charge is 0.496 e. The highest BCUT2D eigenvalue weighted by Crippen LogP contribution is 2.20. The lowest BCUT2D eigenvalue weighted by atomic mass is 10.1. The number of hydrogen-bond donors (Lipinski definition) is 2. The average Bonchev–Trinajstić information content (AvgIpc) is 2.76. The predicted octanol–water partition coefficient (Wildman–Crippen LogP) is 2.77. The number of benzene rings is 1. The smallest absolute Gasteiger partial charge is 0.255 e. The molecular weight excluding hydrogens is 392 g/mol. The van der Waals surface area contributed by atoms with Crippen LogP contribution in [0.15, 0.2) is 67.3 Å². The fourth-order valence-electron chi connectivity index (χ4n) is 2.59. The summed E-state index contributed by atoms with van der Waals surface area (Å²) in [6.07, 6.45) is 6.71. The molecule has 7 nitrogen and oxygen atoms in total. The van der Waals surface area contributed by atoms with Gasteiger partial charge in [0.05, 0.1) is 12.7 Å². The third kappa shape index (κ3) is 6.02. The molecule has 0 aliphatic rings. The Morgan fingerprint density at radius 2 is 1.48 bits per heavy atom. The Morgan fingerprint density at radius 1 is 0.897 bits per heavy atom. The third-order valence-corrected chi connectivity index (χ3v) is 4.06. The second-order valence-corrected chi connectivity index (χ2v) is 6.00. The van der Waals surface area contributed by atoms with Crippen molar-refractivity contribution in [3.8, 4) is 5.75 Å². The number of pyridine rings is 2. The predicted molar refractivity (Wildman–Crippen MR) is 111 cm³/mol. The zero-order valence-corrected chi connectivity index (χ0v) is 16.6. The van der Waals surface area contributed by atoms with Crippen LogP contribution in [0.4, 0.5) is 0 Å². The molecule has 2 heterocycles. The zero-order chi connectivity index (χ0) is 19.8. The van der Waals surface area contributed by atoms with Crippen LogP contribution >= 0.6 is 12.4 Å². The van der Waals surface area contributed by atoms with Crippen LogP contribution in [-0.4, -0.2) is 28.9 Å². The second kappa shape index (κ2) is 10.8. The number of methoxy groups -OCH3 is 1. The van der Waals surface area contributed by atoms with Crippen molar-refractivity contribution in [1.82, 2.24) is 20.6 Å². The van der Waals surface area contributed by atoms with E-state index in [1.807, 2.05) is 12.1 Å². The summed E-state index contributed by atoms with van der Waals surface area (Å²) in [6.45, 7) is 0.675. The summed E-state index contributed by atoms with van der Waals surface area (Å²) in [7, 11) is 1.48.